The first-order valence-corrected chi connectivity index (χ1v) is 7.49. The highest BCUT2D eigenvalue weighted by Gasteiger charge is 2.06. The summed E-state index contributed by atoms with van der Waals surface area (Å²) in [6.45, 7) is 2.19. The number of unbranched alkanes of at least 4 members (excludes halogenated alkanes) is 2. The highest BCUT2D eigenvalue weighted by molar-refractivity contribution is 5.98. The van der Waals surface area contributed by atoms with Crippen molar-refractivity contribution in [2.24, 2.45) is 0 Å². The summed E-state index contributed by atoms with van der Waals surface area (Å²) in [5.74, 6) is -1.58. The fourth-order valence-corrected chi connectivity index (χ4v) is 2.78. The second kappa shape index (κ2) is 5.80. The summed E-state index contributed by atoms with van der Waals surface area (Å²) in [6, 6.07) is 12.7. The lowest BCUT2D eigenvalue weighted by molar-refractivity contribution is 0.511. The van der Waals surface area contributed by atoms with E-state index in [9.17, 15) is 8.78 Å². The maximum Gasteiger partial charge on any atom is 0.159 e. The zero-order valence-corrected chi connectivity index (χ0v) is 12.1. The normalized spacial score (nSPS) is 11.4. The summed E-state index contributed by atoms with van der Waals surface area (Å²) >= 11 is 0. The van der Waals surface area contributed by atoms with E-state index in [2.05, 4.69) is 25.1 Å². The Labute approximate surface area is 123 Å². The van der Waals surface area contributed by atoms with Gasteiger partial charge in [0.05, 0.1) is 0 Å². The predicted octanol–water partition coefficient (Wildman–Crippen LogP) is 6.00. The SMILES string of the molecule is CCCCCc1ccc2cc3cc(F)c(F)cc3cc2c1. The van der Waals surface area contributed by atoms with Crippen LogP contribution in [0.5, 0.6) is 0 Å². The molecule has 0 aromatic heterocycles. The third kappa shape index (κ3) is 2.90. The van der Waals surface area contributed by atoms with E-state index in [0.29, 0.717) is 0 Å². The highest BCUT2D eigenvalue weighted by atomic mass is 19.2. The largest absolute Gasteiger partial charge is 0.204 e. The first kappa shape index (κ1) is 14.0. The van der Waals surface area contributed by atoms with Crippen molar-refractivity contribution in [1.82, 2.24) is 0 Å². The van der Waals surface area contributed by atoms with Crippen molar-refractivity contribution < 1.29 is 8.78 Å². The van der Waals surface area contributed by atoms with Crippen molar-refractivity contribution in [1.29, 1.82) is 0 Å². The smallest absolute Gasteiger partial charge is 0.159 e. The van der Waals surface area contributed by atoms with Gasteiger partial charge in [-0.1, -0.05) is 38.0 Å². The van der Waals surface area contributed by atoms with Gasteiger partial charge in [-0.25, -0.2) is 8.78 Å². The zero-order chi connectivity index (χ0) is 14.8. The van der Waals surface area contributed by atoms with Crippen molar-refractivity contribution in [3.05, 3.63) is 59.7 Å². The molecule has 108 valence electrons. The van der Waals surface area contributed by atoms with E-state index < -0.39 is 11.6 Å². The van der Waals surface area contributed by atoms with Gasteiger partial charge < -0.3 is 0 Å². The lowest BCUT2D eigenvalue weighted by Gasteiger charge is -2.06. The molecule has 0 fully saturated rings. The minimum Gasteiger partial charge on any atom is -0.204 e. The predicted molar refractivity (Wildman–Crippen MR) is 84.6 cm³/mol. The van der Waals surface area contributed by atoms with Gasteiger partial charge in [0.15, 0.2) is 11.6 Å². The average Bonchev–Trinajstić information content (AvgIpc) is 2.47. The molecule has 0 saturated carbocycles. The van der Waals surface area contributed by atoms with E-state index in [1.807, 2.05) is 12.1 Å². The van der Waals surface area contributed by atoms with E-state index in [1.54, 1.807) is 0 Å². The molecule has 0 atom stereocenters. The van der Waals surface area contributed by atoms with E-state index in [4.69, 9.17) is 0 Å². The van der Waals surface area contributed by atoms with Crippen LogP contribution in [0.3, 0.4) is 0 Å². The summed E-state index contributed by atoms with van der Waals surface area (Å²) in [4.78, 5) is 0. The number of fused-ring (bicyclic) bond motifs is 2. The Morgan fingerprint density at radius 1 is 0.714 bits per heavy atom. The molecule has 0 radical (unpaired) electrons. The van der Waals surface area contributed by atoms with Crippen molar-refractivity contribution in [2.45, 2.75) is 32.6 Å². The molecule has 0 saturated heterocycles. The number of halogens is 2. The second-order valence-electron chi connectivity index (χ2n) is 5.60. The molecule has 0 nitrogen and oxygen atoms in total. The third-order valence-corrected chi connectivity index (χ3v) is 3.97. The van der Waals surface area contributed by atoms with Crippen LogP contribution in [0.15, 0.2) is 42.5 Å². The summed E-state index contributed by atoms with van der Waals surface area (Å²) in [6.07, 6.45) is 4.71. The molecule has 3 aromatic carbocycles. The standard InChI is InChI=1S/C19H18F2/c1-2-3-4-5-13-6-7-14-9-16-11-18(20)19(21)12-17(16)10-15(14)8-13/h6-12H,2-5H2,1H3. The lowest BCUT2D eigenvalue weighted by Crippen LogP contribution is -1.87. The molecule has 21 heavy (non-hydrogen) atoms. The number of benzene rings is 3. The van der Waals surface area contributed by atoms with Crippen LogP contribution in [0, 0.1) is 11.6 Å². The molecule has 0 unspecified atom stereocenters. The molecule has 3 aromatic rings. The van der Waals surface area contributed by atoms with Crippen LogP contribution in [-0.2, 0) is 6.42 Å². The Kier molecular flexibility index (Phi) is 3.87. The maximum atomic E-state index is 13.4. The molecule has 3 rings (SSSR count). The summed E-state index contributed by atoms with van der Waals surface area (Å²) in [5.41, 5.74) is 1.30. The quantitative estimate of drug-likeness (QED) is 0.407. The Hall–Kier alpha value is -1.96. The summed E-state index contributed by atoms with van der Waals surface area (Å²) in [5, 5.41) is 3.63. The molecule has 0 aliphatic heterocycles. The first-order chi connectivity index (χ1) is 10.2. The minimum atomic E-state index is -0.793. The molecule has 0 amide bonds. The van der Waals surface area contributed by atoms with Gasteiger partial charge in [0.25, 0.3) is 0 Å². The molecule has 0 heterocycles. The van der Waals surface area contributed by atoms with Crippen LogP contribution < -0.4 is 0 Å². The topological polar surface area (TPSA) is 0 Å². The van der Waals surface area contributed by atoms with Crippen molar-refractivity contribution in [3.8, 4) is 0 Å². The first-order valence-electron chi connectivity index (χ1n) is 7.49. The van der Waals surface area contributed by atoms with Crippen LogP contribution in [0.25, 0.3) is 21.5 Å². The monoisotopic (exact) mass is 284 g/mol. The molecule has 0 bridgehead atoms. The zero-order valence-electron chi connectivity index (χ0n) is 12.1. The Balaban J connectivity index is 2.04. The molecule has 0 spiro atoms. The fourth-order valence-electron chi connectivity index (χ4n) is 2.78. The lowest BCUT2D eigenvalue weighted by atomic mass is 9.99. The summed E-state index contributed by atoms with van der Waals surface area (Å²) < 4.78 is 26.7. The van der Waals surface area contributed by atoms with Gasteiger partial charge in [-0.2, -0.15) is 0 Å². The average molecular weight is 284 g/mol. The third-order valence-electron chi connectivity index (χ3n) is 3.97. The molecule has 0 N–H and O–H groups in total. The summed E-state index contributed by atoms with van der Waals surface area (Å²) in [7, 11) is 0. The van der Waals surface area contributed by atoms with Gasteiger partial charge >= 0.3 is 0 Å². The van der Waals surface area contributed by atoms with E-state index >= 15 is 0 Å². The van der Waals surface area contributed by atoms with Crippen LogP contribution in [0.1, 0.15) is 31.7 Å². The Bertz CT molecular complexity index is 790. The van der Waals surface area contributed by atoms with E-state index in [1.165, 1.54) is 37.0 Å². The Morgan fingerprint density at radius 3 is 2.00 bits per heavy atom. The number of hydrogen-bond acceptors (Lipinski definition) is 0. The fraction of sp³-hybridized carbons (Fsp3) is 0.263. The highest BCUT2D eigenvalue weighted by Crippen LogP contribution is 2.26. The van der Waals surface area contributed by atoms with Crippen LogP contribution in [-0.4, -0.2) is 0 Å². The Morgan fingerprint density at radius 2 is 1.33 bits per heavy atom. The molecule has 0 aliphatic carbocycles. The molecule has 0 aliphatic rings. The number of rotatable bonds is 4. The van der Waals surface area contributed by atoms with Gasteiger partial charge in [0.2, 0.25) is 0 Å². The molecule has 2 heteroatoms. The van der Waals surface area contributed by atoms with E-state index in [0.717, 1.165) is 28.0 Å². The minimum absolute atomic E-state index is 0.736. The van der Waals surface area contributed by atoms with Crippen LogP contribution in [0.2, 0.25) is 0 Å². The van der Waals surface area contributed by atoms with Gasteiger partial charge in [-0.3, -0.25) is 0 Å². The van der Waals surface area contributed by atoms with Crippen molar-refractivity contribution in [2.75, 3.05) is 0 Å². The number of hydrogen-bond donors (Lipinski definition) is 0. The van der Waals surface area contributed by atoms with Crippen LogP contribution in [0.4, 0.5) is 8.78 Å². The van der Waals surface area contributed by atoms with Gasteiger partial charge in [-0.15, -0.1) is 0 Å². The van der Waals surface area contributed by atoms with Gasteiger partial charge in [-0.05, 0) is 64.2 Å². The van der Waals surface area contributed by atoms with E-state index in [-0.39, 0.29) is 0 Å². The van der Waals surface area contributed by atoms with Gasteiger partial charge in [0.1, 0.15) is 0 Å². The van der Waals surface area contributed by atoms with Crippen molar-refractivity contribution in [3.63, 3.8) is 0 Å². The maximum absolute atomic E-state index is 13.4. The molecular weight excluding hydrogens is 266 g/mol. The van der Waals surface area contributed by atoms with Crippen LogP contribution >= 0.6 is 0 Å². The van der Waals surface area contributed by atoms with Gasteiger partial charge in [0, 0.05) is 0 Å². The second-order valence-corrected chi connectivity index (χ2v) is 5.60. The van der Waals surface area contributed by atoms with Crippen molar-refractivity contribution >= 4 is 21.5 Å². The number of aryl methyl sites for hydroxylation is 1. The molecular formula is C19H18F2.